The fourth-order valence-corrected chi connectivity index (χ4v) is 2.88. The maximum atomic E-state index is 12.6. The van der Waals surface area contributed by atoms with Crippen LogP contribution < -0.4 is 21.3 Å². The van der Waals surface area contributed by atoms with Gasteiger partial charge in [0.05, 0.1) is 13.2 Å². The summed E-state index contributed by atoms with van der Waals surface area (Å²) in [6, 6.07) is -4.47. The minimum atomic E-state index is -1.26. The van der Waals surface area contributed by atoms with Crippen LogP contribution in [0, 0.1) is 11.8 Å². The molecule has 0 aromatic carbocycles. The second-order valence-corrected chi connectivity index (χ2v) is 7.87. The van der Waals surface area contributed by atoms with Gasteiger partial charge in [-0.05, 0) is 24.7 Å². The van der Waals surface area contributed by atoms with E-state index < -0.39 is 61.0 Å². The minimum Gasteiger partial charge on any atom is -0.394 e. The molecule has 0 spiro atoms. The van der Waals surface area contributed by atoms with Crippen molar-refractivity contribution < 1.29 is 29.4 Å². The van der Waals surface area contributed by atoms with E-state index in [1.54, 1.807) is 0 Å². The third-order valence-electron chi connectivity index (χ3n) is 4.31. The number of amides is 4. The van der Waals surface area contributed by atoms with Crippen molar-refractivity contribution in [2.75, 3.05) is 13.2 Å². The van der Waals surface area contributed by atoms with Crippen LogP contribution >= 0.6 is 0 Å². The maximum absolute atomic E-state index is 12.6. The Morgan fingerprint density at radius 2 is 0.857 bits per heavy atom. The summed E-state index contributed by atoms with van der Waals surface area (Å²) in [6.45, 7) is 6.10. The molecule has 4 amide bonds. The number of aliphatic hydroxyl groups is 2. The molecular formula is C18H32N4O6. The highest BCUT2D eigenvalue weighted by Gasteiger charge is 2.34. The average Bonchev–Trinajstić information content (AvgIpc) is 2.60. The lowest BCUT2D eigenvalue weighted by Gasteiger charge is -2.29. The number of nitrogens with one attached hydrogen (secondary N) is 4. The van der Waals surface area contributed by atoms with Crippen molar-refractivity contribution >= 4 is 23.6 Å². The zero-order chi connectivity index (χ0) is 21.4. The van der Waals surface area contributed by atoms with Gasteiger partial charge >= 0.3 is 0 Å². The molecule has 0 aromatic rings. The van der Waals surface area contributed by atoms with Crippen LogP contribution in [0.25, 0.3) is 0 Å². The highest BCUT2D eigenvalue weighted by atomic mass is 16.3. The third kappa shape index (κ3) is 7.08. The average molecular weight is 400 g/mol. The van der Waals surface area contributed by atoms with Crippen molar-refractivity contribution in [3.05, 3.63) is 0 Å². The molecule has 1 heterocycles. The van der Waals surface area contributed by atoms with Crippen molar-refractivity contribution in [3.63, 3.8) is 0 Å². The van der Waals surface area contributed by atoms with Crippen molar-refractivity contribution in [1.82, 2.24) is 21.3 Å². The van der Waals surface area contributed by atoms with Crippen LogP contribution in [-0.2, 0) is 19.2 Å². The zero-order valence-corrected chi connectivity index (χ0v) is 16.8. The molecule has 28 heavy (non-hydrogen) atoms. The van der Waals surface area contributed by atoms with Gasteiger partial charge in [-0.2, -0.15) is 0 Å². The Labute approximate surface area is 164 Å². The molecule has 0 saturated carbocycles. The molecule has 0 aromatic heterocycles. The molecule has 1 aliphatic rings. The van der Waals surface area contributed by atoms with E-state index in [1.165, 1.54) is 0 Å². The molecule has 0 bridgehead atoms. The van der Waals surface area contributed by atoms with Gasteiger partial charge < -0.3 is 31.5 Å². The van der Waals surface area contributed by atoms with Gasteiger partial charge in [-0.3, -0.25) is 19.2 Å². The Morgan fingerprint density at radius 3 is 1.11 bits per heavy atom. The second-order valence-electron chi connectivity index (χ2n) is 7.87. The first kappa shape index (κ1) is 23.8. The first-order valence-electron chi connectivity index (χ1n) is 9.52. The molecule has 6 N–H and O–H groups in total. The van der Waals surface area contributed by atoms with Gasteiger partial charge in [-0.1, -0.05) is 27.7 Å². The van der Waals surface area contributed by atoms with E-state index in [9.17, 15) is 29.4 Å². The molecule has 1 saturated heterocycles. The fraction of sp³-hybridized carbons (Fsp3) is 0.778. The summed E-state index contributed by atoms with van der Waals surface area (Å²) in [6.07, 6.45) is 0.554. The van der Waals surface area contributed by atoms with Crippen LogP contribution in [0.1, 0.15) is 40.5 Å². The largest absolute Gasteiger partial charge is 0.394 e. The zero-order valence-electron chi connectivity index (χ0n) is 16.8. The van der Waals surface area contributed by atoms with Crippen LogP contribution in [0.3, 0.4) is 0 Å². The summed E-state index contributed by atoms with van der Waals surface area (Å²) in [7, 11) is 0. The Balaban J connectivity index is 3.20. The van der Waals surface area contributed by atoms with Crippen molar-refractivity contribution in [2.24, 2.45) is 11.8 Å². The van der Waals surface area contributed by atoms with E-state index in [0.29, 0.717) is 0 Å². The summed E-state index contributed by atoms with van der Waals surface area (Å²) in [4.78, 5) is 50.1. The highest BCUT2D eigenvalue weighted by molar-refractivity contribution is 5.97. The smallest absolute Gasteiger partial charge is 0.245 e. The highest BCUT2D eigenvalue weighted by Crippen LogP contribution is 2.09. The van der Waals surface area contributed by atoms with E-state index in [0.717, 1.165) is 0 Å². The molecule has 0 aliphatic carbocycles. The Kier molecular flexibility index (Phi) is 9.33. The number of aliphatic hydroxyl groups excluding tert-OH is 2. The number of hydrogen-bond acceptors (Lipinski definition) is 6. The quantitative estimate of drug-likeness (QED) is 0.303. The van der Waals surface area contributed by atoms with Crippen molar-refractivity contribution in [3.8, 4) is 0 Å². The van der Waals surface area contributed by atoms with E-state index >= 15 is 0 Å². The van der Waals surface area contributed by atoms with Gasteiger partial charge in [0, 0.05) is 0 Å². The molecule has 4 atom stereocenters. The van der Waals surface area contributed by atoms with E-state index in [2.05, 4.69) is 21.3 Å². The van der Waals surface area contributed by atoms with Gasteiger partial charge in [0.1, 0.15) is 24.2 Å². The van der Waals surface area contributed by atoms with E-state index in [-0.39, 0.29) is 24.7 Å². The summed E-state index contributed by atoms with van der Waals surface area (Å²) in [5.74, 6) is -2.56. The van der Waals surface area contributed by atoms with Gasteiger partial charge in [0.2, 0.25) is 23.6 Å². The van der Waals surface area contributed by atoms with Crippen LogP contribution in [0.2, 0.25) is 0 Å². The molecule has 1 rings (SSSR count). The Morgan fingerprint density at radius 1 is 0.607 bits per heavy atom. The molecule has 0 unspecified atom stereocenters. The molecule has 10 heteroatoms. The predicted octanol–water partition coefficient (Wildman–Crippen LogP) is -1.98. The minimum absolute atomic E-state index is 0.0444. The van der Waals surface area contributed by atoms with E-state index in [4.69, 9.17) is 0 Å². The number of carbonyl (C=O) groups is 4. The van der Waals surface area contributed by atoms with Crippen LogP contribution in [0.15, 0.2) is 0 Å². The monoisotopic (exact) mass is 400 g/mol. The van der Waals surface area contributed by atoms with Crippen molar-refractivity contribution in [1.29, 1.82) is 0 Å². The lowest BCUT2D eigenvalue weighted by atomic mass is 10.0. The number of hydrogen-bond donors (Lipinski definition) is 6. The fourth-order valence-electron chi connectivity index (χ4n) is 2.88. The molecule has 160 valence electrons. The first-order valence-corrected chi connectivity index (χ1v) is 9.52. The van der Waals surface area contributed by atoms with Gasteiger partial charge in [0.25, 0.3) is 0 Å². The lowest BCUT2D eigenvalue weighted by molar-refractivity contribution is -0.138. The summed E-state index contributed by atoms with van der Waals surface area (Å²) >= 11 is 0. The maximum Gasteiger partial charge on any atom is 0.245 e. The normalized spacial score (nSPS) is 27.4. The van der Waals surface area contributed by atoms with Crippen LogP contribution in [0.5, 0.6) is 0 Å². The standard InChI is InChI=1S/C18H32N4O6/c1-9(2)5-11-15(25)21-14(8-24)18(28)20-12(6-10(3)4)16(26)22-13(7-23)17(27)19-11/h9-14,23-24H,5-8H2,1-4H3,(H,19,27)(H,20,28)(H,21,25)(H,22,26)/t11-,12-,13-,14-/m0/s1. The Bertz CT molecular complexity index is 530. The SMILES string of the molecule is CC(C)C[C@@H]1NC(=O)[C@H](CO)NC(=O)[C@H](CC(C)C)NC(=O)[C@H](CO)NC1=O. The summed E-state index contributed by atoms with van der Waals surface area (Å²) in [5.41, 5.74) is 0. The topological polar surface area (TPSA) is 157 Å². The van der Waals surface area contributed by atoms with Crippen LogP contribution in [0.4, 0.5) is 0 Å². The lowest BCUT2D eigenvalue weighted by Crippen LogP contribution is -2.63. The molecular weight excluding hydrogens is 368 g/mol. The first-order chi connectivity index (χ1) is 13.1. The summed E-state index contributed by atoms with van der Waals surface area (Å²) < 4.78 is 0. The van der Waals surface area contributed by atoms with Gasteiger partial charge in [0.15, 0.2) is 0 Å². The molecule has 1 aliphatic heterocycles. The number of carbonyl (C=O) groups excluding carboxylic acids is 4. The number of rotatable bonds is 6. The van der Waals surface area contributed by atoms with Crippen LogP contribution in [-0.4, -0.2) is 71.2 Å². The van der Waals surface area contributed by atoms with E-state index in [1.807, 2.05) is 27.7 Å². The Hall–Kier alpha value is -2.20. The predicted molar refractivity (Wildman–Crippen MR) is 101 cm³/mol. The summed E-state index contributed by atoms with van der Waals surface area (Å²) in [5, 5.41) is 28.9. The molecule has 10 nitrogen and oxygen atoms in total. The molecule has 0 radical (unpaired) electrons. The molecule has 1 fully saturated rings. The van der Waals surface area contributed by atoms with Crippen molar-refractivity contribution in [2.45, 2.75) is 64.7 Å². The van der Waals surface area contributed by atoms with Gasteiger partial charge in [-0.25, -0.2) is 0 Å². The second kappa shape index (κ2) is 11.0. The third-order valence-corrected chi connectivity index (χ3v) is 4.31. The van der Waals surface area contributed by atoms with Gasteiger partial charge in [-0.15, -0.1) is 0 Å².